The largest absolute Gasteiger partial charge is 0.493 e. The minimum Gasteiger partial charge on any atom is -0.493 e. The smallest absolute Gasteiger partial charge is 0.416 e. The highest BCUT2D eigenvalue weighted by atomic mass is 35.5. The molecule has 346 valence electrons. The number of ether oxygens (including phenoxy) is 2. The SMILES string of the molecule is COc1cc2nc(C)nc(NC(C)c3cc([N+](=O)[O-])cc(C(F)(F)F)c3)c2cc1OC1CCN(CC2CCC3(CC2)CCN(C(=O)c2ccc(Cl)c(N4CCC(=O)NC4=O)c2)CC3)CC1. The number of aromatic nitrogens is 2. The highest BCUT2D eigenvalue weighted by Gasteiger charge is 2.40. The first-order chi connectivity index (χ1) is 31.0. The molecule has 15 nitrogen and oxygen atoms in total. The molecule has 4 aromatic rings. The number of imide groups is 1. The van der Waals surface area contributed by atoms with Gasteiger partial charge in [-0.2, -0.15) is 13.2 Å². The average Bonchev–Trinajstić information content (AvgIpc) is 3.27. The number of benzene rings is 3. The molecule has 0 radical (unpaired) electrons. The molecule has 3 saturated heterocycles. The summed E-state index contributed by atoms with van der Waals surface area (Å²) in [6.07, 6.45) is 3.38. The molecule has 1 atom stereocenters. The van der Waals surface area contributed by atoms with Gasteiger partial charge in [0.15, 0.2) is 11.5 Å². The number of carbonyl (C=O) groups is 3. The monoisotopic (exact) mass is 920 g/mol. The number of halogens is 4. The molecular weight excluding hydrogens is 869 g/mol. The average molecular weight is 921 g/mol. The number of nitro groups is 1. The van der Waals surface area contributed by atoms with Crippen LogP contribution in [0.1, 0.15) is 98.1 Å². The van der Waals surface area contributed by atoms with Crippen molar-refractivity contribution in [2.45, 2.75) is 90.0 Å². The molecule has 1 unspecified atom stereocenters. The molecule has 1 aliphatic carbocycles. The highest BCUT2D eigenvalue weighted by Crippen LogP contribution is 2.47. The summed E-state index contributed by atoms with van der Waals surface area (Å²) >= 11 is 6.43. The van der Waals surface area contributed by atoms with Crippen LogP contribution in [0.25, 0.3) is 10.9 Å². The fourth-order valence-electron chi connectivity index (χ4n) is 9.80. The van der Waals surface area contributed by atoms with E-state index in [1.807, 2.05) is 4.90 Å². The number of aryl methyl sites for hydroxylation is 1. The molecule has 3 aliphatic heterocycles. The van der Waals surface area contributed by atoms with Crippen LogP contribution in [0.5, 0.6) is 11.5 Å². The number of rotatable bonds is 11. The minimum atomic E-state index is -4.77. The van der Waals surface area contributed by atoms with Gasteiger partial charge in [0, 0.05) is 74.8 Å². The second kappa shape index (κ2) is 18.6. The quantitative estimate of drug-likeness (QED) is 0.109. The van der Waals surface area contributed by atoms with Crippen LogP contribution in [0.4, 0.5) is 35.2 Å². The van der Waals surface area contributed by atoms with Gasteiger partial charge in [0.1, 0.15) is 17.7 Å². The zero-order valence-electron chi connectivity index (χ0n) is 36.5. The zero-order chi connectivity index (χ0) is 46.2. The number of nitro benzene ring substituents is 1. The summed E-state index contributed by atoms with van der Waals surface area (Å²) in [4.78, 5) is 63.4. The van der Waals surface area contributed by atoms with Gasteiger partial charge in [0.05, 0.1) is 39.9 Å². The van der Waals surface area contributed by atoms with E-state index < -0.39 is 34.4 Å². The van der Waals surface area contributed by atoms with Crippen molar-refractivity contribution in [3.63, 3.8) is 0 Å². The van der Waals surface area contributed by atoms with Gasteiger partial charge in [-0.1, -0.05) is 11.6 Å². The summed E-state index contributed by atoms with van der Waals surface area (Å²) in [7, 11) is 1.55. The second-order valence-electron chi connectivity index (χ2n) is 17.8. The van der Waals surface area contributed by atoms with E-state index in [2.05, 4.69) is 25.5 Å². The zero-order valence-corrected chi connectivity index (χ0v) is 37.3. The summed E-state index contributed by atoms with van der Waals surface area (Å²) in [5.41, 5.74) is -0.0428. The fraction of sp³-hybridized carbons (Fsp3) is 0.500. The van der Waals surface area contributed by atoms with E-state index in [-0.39, 0.29) is 41.9 Å². The number of hydrogen-bond acceptors (Lipinski definition) is 11. The summed E-state index contributed by atoms with van der Waals surface area (Å²) < 4.78 is 53.3. The Morgan fingerprint density at radius 3 is 2.37 bits per heavy atom. The van der Waals surface area contributed by atoms with Crippen LogP contribution in [0.15, 0.2) is 48.5 Å². The first kappa shape index (κ1) is 45.8. The number of hydrogen-bond donors (Lipinski definition) is 2. The molecule has 4 fully saturated rings. The maximum absolute atomic E-state index is 13.7. The number of fused-ring (bicyclic) bond motifs is 1. The Balaban J connectivity index is 0.837. The van der Waals surface area contributed by atoms with Crippen molar-refractivity contribution in [1.82, 2.24) is 25.1 Å². The van der Waals surface area contributed by atoms with E-state index in [9.17, 15) is 37.7 Å². The number of methoxy groups -OCH3 is 1. The van der Waals surface area contributed by atoms with Gasteiger partial charge < -0.3 is 24.6 Å². The van der Waals surface area contributed by atoms with Crippen LogP contribution in [-0.2, 0) is 11.0 Å². The maximum Gasteiger partial charge on any atom is 0.416 e. The topological polar surface area (TPSA) is 172 Å². The fourth-order valence-corrected chi connectivity index (χ4v) is 10.0. The first-order valence-corrected chi connectivity index (χ1v) is 22.4. The minimum absolute atomic E-state index is 0.0780. The molecule has 4 amide bonds. The lowest BCUT2D eigenvalue weighted by molar-refractivity contribution is -0.385. The van der Waals surface area contributed by atoms with E-state index >= 15 is 0 Å². The molecule has 4 heterocycles. The summed E-state index contributed by atoms with van der Waals surface area (Å²) in [5.74, 6) is 1.89. The lowest BCUT2D eigenvalue weighted by Crippen LogP contribution is -2.49. The molecule has 65 heavy (non-hydrogen) atoms. The van der Waals surface area contributed by atoms with Crippen molar-refractivity contribution in [2.24, 2.45) is 11.3 Å². The molecule has 4 aliphatic rings. The number of amides is 4. The van der Waals surface area contributed by atoms with Crippen LogP contribution in [-0.4, -0.2) is 95.0 Å². The Morgan fingerprint density at radius 1 is 0.985 bits per heavy atom. The van der Waals surface area contributed by atoms with Crippen LogP contribution < -0.4 is 25.0 Å². The van der Waals surface area contributed by atoms with Gasteiger partial charge in [0.25, 0.3) is 11.6 Å². The van der Waals surface area contributed by atoms with E-state index in [0.717, 1.165) is 83.1 Å². The van der Waals surface area contributed by atoms with Gasteiger partial charge in [-0.15, -0.1) is 0 Å². The van der Waals surface area contributed by atoms with Gasteiger partial charge in [-0.25, -0.2) is 14.8 Å². The lowest BCUT2D eigenvalue weighted by atomic mass is 9.65. The Labute approximate surface area is 379 Å². The number of nitrogens with zero attached hydrogens (tertiary/aromatic N) is 6. The second-order valence-corrected chi connectivity index (χ2v) is 18.3. The normalized spacial score (nSPS) is 19.3. The number of carbonyl (C=O) groups excluding carboxylic acids is 3. The van der Waals surface area contributed by atoms with Crippen LogP contribution >= 0.6 is 11.6 Å². The molecule has 1 spiro atoms. The van der Waals surface area contributed by atoms with E-state index in [0.29, 0.717) is 75.4 Å². The Kier molecular flexibility index (Phi) is 13.1. The molecular formula is C46H52ClF3N8O7. The number of likely N-dealkylation sites (tertiary alicyclic amines) is 2. The maximum atomic E-state index is 13.7. The van der Waals surface area contributed by atoms with Gasteiger partial charge in [-0.05, 0) is 112 Å². The molecule has 3 aromatic carbocycles. The summed E-state index contributed by atoms with van der Waals surface area (Å²) in [6.45, 7) is 7.63. The van der Waals surface area contributed by atoms with E-state index in [1.165, 1.54) is 4.90 Å². The molecule has 1 aromatic heterocycles. The van der Waals surface area contributed by atoms with Crippen molar-refractivity contribution < 1.29 is 42.0 Å². The van der Waals surface area contributed by atoms with Gasteiger partial charge >= 0.3 is 12.2 Å². The number of anilines is 2. The van der Waals surface area contributed by atoms with Gasteiger partial charge in [0.2, 0.25) is 5.91 Å². The Morgan fingerprint density at radius 2 is 1.71 bits per heavy atom. The predicted octanol–water partition coefficient (Wildman–Crippen LogP) is 9.10. The lowest BCUT2D eigenvalue weighted by Gasteiger charge is -2.47. The van der Waals surface area contributed by atoms with Crippen molar-refractivity contribution >= 4 is 57.5 Å². The summed E-state index contributed by atoms with van der Waals surface area (Å²) in [6, 6.07) is 9.71. The van der Waals surface area contributed by atoms with Crippen molar-refractivity contribution in [2.75, 3.05) is 56.6 Å². The molecule has 1 saturated carbocycles. The first-order valence-electron chi connectivity index (χ1n) is 22.1. The van der Waals surface area contributed by atoms with Crippen molar-refractivity contribution in [3.8, 4) is 11.5 Å². The van der Waals surface area contributed by atoms with Gasteiger partial charge in [-0.3, -0.25) is 29.9 Å². The molecule has 19 heteroatoms. The summed E-state index contributed by atoms with van der Waals surface area (Å²) in [5, 5.41) is 17.9. The van der Waals surface area contributed by atoms with Crippen molar-refractivity contribution in [1.29, 1.82) is 0 Å². The molecule has 0 bridgehead atoms. The predicted molar refractivity (Wildman–Crippen MR) is 238 cm³/mol. The van der Waals surface area contributed by atoms with Crippen LogP contribution in [0.2, 0.25) is 5.02 Å². The number of non-ortho nitro benzene ring substituents is 1. The third-order valence-corrected chi connectivity index (χ3v) is 13.9. The number of alkyl halides is 3. The highest BCUT2D eigenvalue weighted by molar-refractivity contribution is 6.34. The molecule has 2 N–H and O–H groups in total. The molecule has 8 rings (SSSR count). The number of piperidine rings is 2. The third kappa shape index (κ3) is 10.2. The number of nitrogens with one attached hydrogen (secondary N) is 2. The Hall–Kier alpha value is -5.75. The van der Waals surface area contributed by atoms with Crippen molar-refractivity contribution in [3.05, 3.63) is 86.2 Å². The van der Waals surface area contributed by atoms with Crippen LogP contribution in [0, 0.1) is 28.4 Å². The third-order valence-electron chi connectivity index (χ3n) is 13.6. The van der Waals surface area contributed by atoms with E-state index in [1.54, 1.807) is 51.3 Å². The number of urea groups is 1. The standard InChI is InChI=1S/C46H52ClF3N8O7/c1-27(31-20-32(46(48,49)50)23-33(21-31)58(62)63)51-42-35-24-40(39(64-3)25-37(35)52-28(2)53-42)65-34-8-15-55(16-9-34)26-29-6-11-45(12-7-29)13-18-56(19-14-45)43(60)30-4-5-36(47)38(22-30)57-17-10-41(59)54-44(57)61/h4-5,20-25,27,29,34H,6-19,26H2,1-3H3,(H,51,52,53)(H,54,59,61). The Bertz CT molecular complexity index is 2480. The van der Waals surface area contributed by atoms with E-state index in [4.69, 9.17) is 21.1 Å². The van der Waals surface area contributed by atoms with Crippen LogP contribution in [0.3, 0.4) is 0 Å².